The maximum Gasteiger partial charge on any atom is 0.217 e. The van der Waals surface area contributed by atoms with Crippen molar-refractivity contribution in [2.45, 2.75) is 13.5 Å². The van der Waals surface area contributed by atoms with Crippen molar-refractivity contribution in [2.75, 3.05) is 0 Å². The van der Waals surface area contributed by atoms with Crippen molar-refractivity contribution < 1.29 is 4.79 Å². The van der Waals surface area contributed by atoms with Gasteiger partial charge in [0.2, 0.25) is 5.91 Å². The van der Waals surface area contributed by atoms with E-state index in [1.54, 1.807) is 12.4 Å². The Bertz CT molecular complexity index is 235. The van der Waals surface area contributed by atoms with Gasteiger partial charge in [0.1, 0.15) is 0 Å². The van der Waals surface area contributed by atoms with Gasteiger partial charge in [0.05, 0.1) is 6.20 Å². The fraction of sp³-hybridized carbons (Fsp3) is 0.286. The van der Waals surface area contributed by atoms with Gasteiger partial charge in [-0.3, -0.25) is 4.79 Å². The molecule has 0 aliphatic carbocycles. The van der Waals surface area contributed by atoms with Crippen LogP contribution in [-0.4, -0.2) is 16.1 Å². The van der Waals surface area contributed by atoms with Gasteiger partial charge in [-0.25, -0.2) is 0 Å². The Labute approximate surface area is 64.6 Å². The predicted molar refractivity (Wildman–Crippen MR) is 39.6 cm³/mol. The van der Waals surface area contributed by atoms with Crippen LogP contribution in [0.5, 0.6) is 0 Å². The molecule has 1 rings (SSSR count). The summed E-state index contributed by atoms with van der Waals surface area (Å²) in [6.45, 7) is 2.00. The molecule has 0 unspecified atom stereocenters. The van der Waals surface area contributed by atoms with Crippen molar-refractivity contribution in [3.05, 3.63) is 24.0 Å². The molecule has 0 radical (unpaired) electrons. The van der Waals surface area contributed by atoms with E-state index in [1.165, 1.54) is 6.92 Å². The van der Waals surface area contributed by atoms with E-state index >= 15 is 0 Å². The molecule has 4 heteroatoms. The molecular weight excluding hydrogens is 142 g/mol. The first-order chi connectivity index (χ1) is 5.29. The second-order valence-electron chi connectivity index (χ2n) is 2.16. The van der Waals surface area contributed by atoms with Crippen LogP contribution in [0.15, 0.2) is 18.5 Å². The van der Waals surface area contributed by atoms with Gasteiger partial charge >= 0.3 is 0 Å². The molecule has 0 aliphatic heterocycles. The number of aromatic nitrogens is 2. The zero-order valence-electron chi connectivity index (χ0n) is 6.24. The fourth-order valence-corrected chi connectivity index (χ4v) is 0.649. The highest BCUT2D eigenvalue weighted by molar-refractivity contribution is 5.72. The van der Waals surface area contributed by atoms with E-state index in [0.29, 0.717) is 6.54 Å². The van der Waals surface area contributed by atoms with Crippen LogP contribution in [0.3, 0.4) is 0 Å². The molecule has 1 aromatic heterocycles. The Morgan fingerprint density at radius 1 is 1.64 bits per heavy atom. The molecule has 0 fully saturated rings. The molecule has 1 aromatic rings. The fourth-order valence-electron chi connectivity index (χ4n) is 0.649. The normalized spacial score (nSPS) is 9.18. The van der Waals surface area contributed by atoms with Crippen LogP contribution in [0.4, 0.5) is 0 Å². The number of nitrogens with zero attached hydrogens (tertiary/aromatic N) is 2. The molecule has 0 saturated heterocycles. The monoisotopic (exact) mass is 151 g/mol. The van der Waals surface area contributed by atoms with E-state index in [1.807, 2.05) is 6.07 Å². The Morgan fingerprint density at radius 3 is 3.00 bits per heavy atom. The average Bonchev–Trinajstić information content (AvgIpc) is 2.03. The summed E-state index contributed by atoms with van der Waals surface area (Å²) in [4.78, 5) is 10.5. The molecule has 0 aliphatic rings. The van der Waals surface area contributed by atoms with Crippen LogP contribution < -0.4 is 5.32 Å². The molecule has 0 aromatic carbocycles. The lowest BCUT2D eigenvalue weighted by atomic mass is 10.3. The molecule has 1 heterocycles. The van der Waals surface area contributed by atoms with Gasteiger partial charge < -0.3 is 5.32 Å². The van der Waals surface area contributed by atoms with Crippen LogP contribution in [0.1, 0.15) is 12.5 Å². The zero-order valence-corrected chi connectivity index (χ0v) is 6.24. The first-order valence-corrected chi connectivity index (χ1v) is 3.29. The van der Waals surface area contributed by atoms with Crippen LogP contribution in [-0.2, 0) is 11.3 Å². The van der Waals surface area contributed by atoms with Crippen molar-refractivity contribution in [3.8, 4) is 0 Å². The highest BCUT2D eigenvalue weighted by Crippen LogP contribution is 1.91. The van der Waals surface area contributed by atoms with Gasteiger partial charge in [0, 0.05) is 19.7 Å². The summed E-state index contributed by atoms with van der Waals surface area (Å²) in [5.41, 5.74) is 0.954. The van der Waals surface area contributed by atoms with Gasteiger partial charge in [0.25, 0.3) is 0 Å². The highest BCUT2D eigenvalue weighted by Gasteiger charge is 1.92. The number of carbonyl (C=O) groups excluding carboxylic acids is 1. The maximum atomic E-state index is 10.5. The Kier molecular flexibility index (Phi) is 2.54. The SMILES string of the molecule is CC(=O)NCc1ccnnc1. The second-order valence-corrected chi connectivity index (χ2v) is 2.16. The Balaban J connectivity index is 2.45. The molecule has 0 bridgehead atoms. The lowest BCUT2D eigenvalue weighted by molar-refractivity contribution is -0.119. The minimum absolute atomic E-state index is 0.0400. The molecule has 0 atom stereocenters. The van der Waals surface area contributed by atoms with Crippen molar-refractivity contribution in [1.82, 2.24) is 15.5 Å². The Morgan fingerprint density at radius 2 is 2.45 bits per heavy atom. The van der Waals surface area contributed by atoms with Gasteiger partial charge in [-0.2, -0.15) is 10.2 Å². The molecular formula is C7H9N3O. The summed E-state index contributed by atoms with van der Waals surface area (Å²) < 4.78 is 0. The van der Waals surface area contributed by atoms with Crippen LogP contribution in [0.25, 0.3) is 0 Å². The molecule has 11 heavy (non-hydrogen) atoms. The van der Waals surface area contributed by atoms with E-state index in [4.69, 9.17) is 0 Å². The first kappa shape index (κ1) is 7.65. The average molecular weight is 151 g/mol. The summed E-state index contributed by atoms with van der Waals surface area (Å²) in [5, 5.41) is 9.93. The maximum absolute atomic E-state index is 10.5. The smallest absolute Gasteiger partial charge is 0.217 e. The third kappa shape index (κ3) is 2.75. The molecule has 0 spiro atoms. The van der Waals surface area contributed by atoms with Crippen LogP contribution in [0, 0.1) is 0 Å². The van der Waals surface area contributed by atoms with Crippen molar-refractivity contribution in [3.63, 3.8) is 0 Å². The number of amides is 1. The number of carbonyl (C=O) groups is 1. The Hall–Kier alpha value is -1.45. The van der Waals surface area contributed by atoms with Gasteiger partial charge in [-0.1, -0.05) is 0 Å². The molecule has 1 amide bonds. The van der Waals surface area contributed by atoms with Gasteiger partial charge in [-0.05, 0) is 11.6 Å². The number of rotatable bonds is 2. The predicted octanol–water partition coefficient (Wildman–Crippen LogP) is 0.113. The standard InChI is InChI=1S/C7H9N3O/c1-6(11)8-4-7-2-3-9-10-5-7/h2-3,5H,4H2,1H3,(H,8,11). The van der Waals surface area contributed by atoms with Crippen molar-refractivity contribution >= 4 is 5.91 Å². The minimum atomic E-state index is -0.0400. The highest BCUT2D eigenvalue weighted by atomic mass is 16.1. The third-order valence-electron chi connectivity index (χ3n) is 1.19. The molecule has 4 nitrogen and oxygen atoms in total. The lowest BCUT2D eigenvalue weighted by Gasteiger charge is -1.99. The molecule has 0 saturated carbocycles. The topological polar surface area (TPSA) is 54.9 Å². The summed E-state index contributed by atoms with van der Waals surface area (Å²) in [7, 11) is 0. The largest absolute Gasteiger partial charge is 0.352 e. The summed E-state index contributed by atoms with van der Waals surface area (Å²) in [5.74, 6) is -0.0400. The first-order valence-electron chi connectivity index (χ1n) is 3.29. The third-order valence-corrected chi connectivity index (χ3v) is 1.19. The number of hydrogen-bond donors (Lipinski definition) is 1. The van der Waals surface area contributed by atoms with E-state index < -0.39 is 0 Å². The van der Waals surface area contributed by atoms with E-state index in [9.17, 15) is 4.79 Å². The van der Waals surface area contributed by atoms with Crippen molar-refractivity contribution in [1.29, 1.82) is 0 Å². The lowest BCUT2D eigenvalue weighted by Crippen LogP contribution is -2.18. The van der Waals surface area contributed by atoms with Crippen molar-refractivity contribution in [2.24, 2.45) is 0 Å². The summed E-state index contributed by atoms with van der Waals surface area (Å²) >= 11 is 0. The van der Waals surface area contributed by atoms with E-state index in [-0.39, 0.29) is 5.91 Å². The van der Waals surface area contributed by atoms with Crippen LogP contribution in [0.2, 0.25) is 0 Å². The summed E-state index contributed by atoms with van der Waals surface area (Å²) in [6.07, 6.45) is 3.22. The summed E-state index contributed by atoms with van der Waals surface area (Å²) in [6, 6.07) is 1.81. The molecule has 58 valence electrons. The number of hydrogen-bond acceptors (Lipinski definition) is 3. The second kappa shape index (κ2) is 3.65. The van der Waals surface area contributed by atoms with E-state index in [0.717, 1.165) is 5.56 Å². The van der Waals surface area contributed by atoms with Gasteiger partial charge in [0.15, 0.2) is 0 Å². The quantitative estimate of drug-likeness (QED) is 0.652. The number of nitrogens with one attached hydrogen (secondary N) is 1. The zero-order chi connectivity index (χ0) is 8.10. The van der Waals surface area contributed by atoms with E-state index in [2.05, 4.69) is 15.5 Å². The molecule has 1 N–H and O–H groups in total. The minimum Gasteiger partial charge on any atom is -0.352 e. The van der Waals surface area contributed by atoms with Crippen LogP contribution >= 0.6 is 0 Å². The van der Waals surface area contributed by atoms with Gasteiger partial charge in [-0.15, -0.1) is 0 Å².